The lowest BCUT2D eigenvalue weighted by molar-refractivity contribution is 0.217. The van der Waals surface area contributed by atoms with Crippen molar-refractivity contribution in [1.29, 1.82) is 0 Å². The minimum absolute atomic E-state index is 0.275. The molecule has 3 nitrogen and oxygen atoms in total. The van der Waals surface area contributed by atoms with E-state index in [1.165, 1.54) is 6.42 Å². The van der Waals surface area contributed by atoms with Gasteiger partial charge in [0.2, 0.25) is 0 Å². The summed E-state index contributed by atoms with van der Waals surface area (Å²) >= 11 is 0. The van der Waals surface area contributed by atoms with Crippen LogP contribution in [-0.4, -0.2) is 42.8 Å². The monoisotopic (exact) mass is 144 g/mol. The van der Waals surface area contributed by atoms with Crippen LogP contribution in [0, 0.1) is 5.92 Å². The zero-order valence-corrected chi connectivity index (χ0v) is 6.29. The van der Waals surface area contributed by atoms with E-state index in [2.05, 4.69) is 4.90 Å². The Labute approximate surface area is 61.8 Å². The van der Waals surface area contributed by atoms with Crippen LogP contribution in [0.1, 0.15) is 6.42 Å². The predicted molar refractivity (Wildman–Crippen MR) is 40.7 cm³/mol. The number of β-amino-alcohol motifs (C(OH)–C–C–N with tert-alkyl or cyclic N) is 1. The summed E-state index contributed by atoms with van der Waals surface area (Å²) in [5.41, 5.74) is 5.50. The van der Waals surface area contributed by atoms with Gasteiger partial charge in [-0.1, -0.05) is 0 Å². The minimum Gasteiger partial charge on any atom is -0.395 e. The molecule has 1 saturated heterocycles. The maximum atomic E-state index is 8.61. The quantitative estimate of drug-likeness (QED) is 0.548. The average Bonchev–Trinajstić information content (AvgIpc) is 2.37. The van der Waals surface area contributed by atoms with Crippen molar-refractivity contribution >= 4 is 0 Å². The van der Waals surface area contributed by atoms with E-state index in [1.807, 2.05) is 0 Å². The zero-order valence-electron chi connectivity index (χ0n) is 6.29. The molecule has 1 atom stereocenters. The van der Waals surface area contributed by atoms with Crippen LogP contribution in [-0.2, 0) is 0 Å². The third kappa shape index (κ3) is 1.94. The van der Waals surface area contributed by atoms with E-state index in [1.54, 1.807) is 0 Å². The van der Waals surface area contributed by atoms with Crippen molar-refractivity contribution in [3.63, 3.8) is 0 Å². The molecule has 1 heterocycles. The fourth-order valence-electron chi connectivity index (χ4n) is 1.45. The maximum absolute atomic E-state index is 8.61. The Morgan fingerprint density at radius 3 is 2.90 bits per heavy atom. The number of hydrogen-bond acceptors (Lipinski definition) is 3. The molecule has 1 fully saturated rings. The molecule has 0 spiro atoms. The van der Waals surface area contributed by atoms with Crippen LogP contribution >= 0.6 is 0 Å². The molecule has 0 radical (unpaired) electrons. The molecular formula is C7H16N2O. The molecule has 0 aromatic rings. The fourth-order valence-corrected chi connectivity index (χ4v) is 1.45. The second-order valence-corrected chi connectivity index (χ2v) is 2.91. The van der Waals surface area contributed by atoms with Gasteiger partial charge in [-0.05, 0) is 25.4 Å². The number of likely N-dealkylation sites (tertiary alicyclic amines) is 1. The van der Waals surface area contributed by atoms with Gasteiger partial charge in [-0.15, -0.1) is 0 Å². The van der Waals surface area contributed by atoms with Crippen molar-refractivity contribution in [3.8, 4) is 0 Å². The molecule has 0 aromatic carbocycles. The first-order valence-electron chi connectivity index (χ1n) is 3.90. The third-order valence-corrected chi connectivity index (χ3v) is 2.12. The van der Waals surface area contributed by atoms with Gasteiger partial charge >= 0.3 is 0 Å². The van der Waals surface area contributed by atoms with Gasteiger partial charge in [0.1, 0.15) is 0 Å². The van der Waals surface area contributed by atoms with E-state index in [9.17, 15) is 0 Å². The summed E-state index contributed by atoms with van der Waals surface area (Å²) in [5.74, 6) is 0.673. The van der Waals surface area contributed by atoms with Crippen molar-refractivity contribution < 1.29 is 5.11 Å². The maximum Gasteiger partial charge on any atom is 0.0558 e. The van der Waals surface area contributed by atoms with E-state index in [-0.39, 0.29) is 6.61 Å². The lowest BCUT2D eigenvalue weighted by atomic mass is 10.1. The van der Waals surface area contributed by atoms with E-state index < -0.39 is 0 Å². The van der Waals surface area contributed by atoms with Crippen molar-refractivity contribution in [2.24, 2.45) is 11.7 Å². The lowest BCUT2D eigenvalue weighted by Crippen LogP contribution is -2.25. The number of hydrogen-bond donors (Lipinski definition) is 2. The minimum atomic E-state index is 0.275. The number of nitrogens with two attached hydrogens (primary N) is 1. The largest absolute Gasteiger partial charge is 0.395 e. The zero-order chi connectivity index (χ0) is 7.40. The van der Waals surface area contributed by atoms with Crippen molar-refractivity contribution in [1.82, 2.24) is 4.90 Å². The molecule has 0 amide bonds. The second kappa shape index (κ2) is 3.91. The highest BCUT2D eigenvalue weighted by molar-refractivity contribution is 4.75. The molecule has 1 unspecified atom stereocenters. The van der Waals surface area contributed by atoms with Gasteiger partial charge in [0.05, 0.1) is 6.61 Å². The topological polar surface area (TPSA) is 49.5 Å². The molecule has 0 aromatic heterocycles. The number of aliphatic hydroxyl groups excluding tert-OH is 1. The van der Waals surface area contributed by atoms with Crippen LogP contribution in [0.4, 0.5) is 0 Å². The molecule has 1 rings (SSSR count). The molecule has 10 heavy (non-hydrogen) atoms. The molecule has 0 bridgehead atoms. The first kappa shape index (κ1) is 7.98. The Kier molecular flexibility index (Phi) is 3.12. The Morgan fingerprint density at radius 2 is 2.40 bits per heavy atom. The summed E-state index contributed by atoms with van der Waals surface area (Å²) in [6.45, 7) is 4.08. The molecule has 60 valence electrons. The van der Waals surface area contributed by atoms with Gasteiger partial charge in [-0.3, -0.25) is 0 Å². The van der Waals surface area contributed by atoms with Crippen LogP contribution in [0.25, 0.3) is 0 Å². The van der Waals surface area contributed by atoms with Gasteiger partial charge in [0.25, 0.3) is 0 Å². The number of rotatable bonds is 3. The summed E-state index contributed by atoms with van der Waals surface area (Å²) in [4.78, 5) is 2.26. The summed E-state index contributed by atoms with van der Waals surface area (Å²) in [6, 6.07) is 0. The number of aliphatic hydroxyl groups is 1. The highest BCUT2D eigenvalue weighted by Gasteiger charge is 2.19. The normalized spacial score (nSPS) is 27.6. The van der Waals surface area contributed by atoms with Gasteiger partial charge < -0.3 is 15.7 Å². The van der Waals surface area contributed by atoms with Crippen molar-refractivity contribution in [2.75, 3.05) is 32.8 Å². The van der Waals surface area contributed by atoms with E-state index in [4.69, 9.17) is 10.8 Å². The van der Waals surface area contributed by atoms with Crippen molar-refractivity contribution in [3.05, 3.63) is 0 Å². The van der Waals surface area contributed by atoms with Crippen LogP contribution < -0.4 is 5.73 Å². The van der Waals surface area contributed by atoms with Crippen LogP contribution in [0.2, 0.25) is 0 Å². The average molecular weight is 144 g/mol. The highest BCUT2D eigenvalue weighted by atomic mass is 16.3. The predicted octanol–water partition coefficient (Wildman–Crippen LogP) is -0.741. The van der Waals surface area contributed by atoms with Gasteiger partial charge in [0.15, 0.2) is 0 Å². The Bertz CT molecular complexity index is 97.6. The molecule has 1 aliphatic heterocycles. The molecular weight excluding hydrogens is 128 g/mol. The van der Waals surface area contributed by atoms with Gasteiger partial charge in [-0.2, -0.15) is 0 Å². The SMILES string of the molecule is NCC1CCN(CCO)C1. The summed E-state index contributed by atoms with van der Waals surface area (Å²) in [5, 5.41) is 8.61. The summed E-state index contributed by atoms with van der Waals surface area (Å²) in [6.07, 6.45) is 1.20. The first-order chi connectivity index (χ1) is 4.86. The summed E-state index contributed by atoms with van der Waals surface area (Å²) < 4.78 is 0. The molecule has 1 aliphatic rings. The van der Waals surface area contributed by atoms with E-state index in [0.717, 1.165) is 26.2 Å². The third-order valence-electron chi connectivity index (χ3n) is 2.12. The first-order valence-corrected chi connectivity index (χ1v) is 3.90. The Morgan fingerprint density at radius 1 is 1.60 bits per heavy atom. The molecule has 3 N–H and O–H groups in total. The second-order valence-electron chi connectivity index (χ2n) is 2.91. The Balaban J connectivity index is 2.15. The molecule has 0 aliphatic carbocycles. The van der Waals surface area contributed by atoms with Crippen molar-refractivity contribution in [2.45, 2.75) is 6.42 Å². The lowest BCUT2D eigenvalue weighted by Gasteiger charge is -2.12. The van der Waals surface area contributed by atoms with Crippen LogP contribution in [0.3, 0.4) is 0 Å². The number of nitrogens with zero attached hydrogens (tertiary/aromatic N) is 1. The van der Waals surface area contributed by atoms with Gasteiger partial charge in [0, 0.05) is 13.1 Å². The van der Waals surface area contributed by atoms with Crippen LogP contribution in [0.15, 0.2) is 0 Å². The fraction of sp³-hybridized carbons (Fsp3) is 1.00. The standard InChI is InChI=1S/C7H16N2O/c8-5-7-1-2-9(6-7)3-4-10/h7,10H,1-6,8H2. The summed E-state index contributed by atoms with van der Waals surface area (Å²) in [7, 11) is 0. The van der Waals surface area contributed by atoms with E-state index in [0.29, 0.717) is 5.92 Å². The van der Waals surface area contributed by atoms with Gasteiger partial charge in [-0.25, -0.2) is 0 Å². The molecule has 3 heteroatoms. The molecule has 0 saturated carbocycles. The Hall–Kier alpha value is -0.120. The highest BCUT2D eigenvalue weighted by Crippen LogP contribution is 2.13. The van der Waals surface area contributed by atoms with E-state index >= 15 is 0 Å². The smallest absolute Gasteiger partial charge is 0.0558 e. The van der Waals surface area contributed by atoms with Crippen LogP contribution in [0.5, 0.6) is 0 Å².